The molecule has 0 radical (unpaired) electrons. The lowest BCUT2D eigenvalue weighted by Gasteiger charge is -2.36. The normalized spacial score (nSPS) is 18.0. The molecule has 2 N–H and O–H groups in total. The minimum atomic E-state index is -4.53. The van der Waals surface area contributed by atoms with Crippen molar-refractivity contribution in [3.05, 3.63) is 53.0 Å². The Balaban J connectivity index is 1.69. The highest BCUT2D eigenvalue weighted by atomic mass is 19.4. The summed E-state index contributed by atoms with van der Waals surface area (Å²) in [5.74, 6) is -0.299. The van der Waals surface area contributed by atoms with Gasteiger partial charge in [-0.2, -0.15) is 13.2 Å². The second-order valence-electron chi connectivity index (χ2n) is 6.61. The number of likely N-dealkylation sites (tertiary alicyclic amines) is 1. The maximum absolute atomic E-state index is 13.1. The van der Waals surface area contributed by atoms with E-state index in [1.807, 2.05) is 6.92 Å². The molecule has 2 aromatic rings. The van der Waals surface area contributed by atoms with Crippen LogP contribution in [0.4, 0.5) is 23.4 Å². The van der Waals surface area contributed by atoms with Gasteiger partial charge in [0.1, 0.15) is 11.6 Å². The van der Waals surface area contributed by atoms with E-state index in [2.05, 4.69) is 15.1 Å². The van der Waals surface area contributed by atoms with Crippen LogP contribution in [0.25, 0.3) is 0 Å². The van der Waals surface area contributed by atoms with E-state index >= 15 is 0 Å². The van der Waals surface area contributed by atoms with Gasteiger partial charge in [-0.25, -0.2) is 4.39 Å². The fraction of sp³-hybridized carbons (Fsp3) is 0.444. The van der Waals surface area contributed by atoms with E-state index in [1.54, 1.807) is 12.1 Å². The predicted octanol–water partition coefficient (Wildman–Crippen LogP) is 4.16. The Morgan fingerprint density at radius 3 is 2.31 bits per heavy atom. The molecule has 1 atom stereocenters. The largest absolute Gasteiger partial charge is 0.435 e. The topological polar surface area (TPSA) is 55.0 Å². The number of halogens is 4. The molecule has 0 amide bonds. The molecule has 1 aliphatic heterocycles. The lowest BCUT2D eigenvalue weighted by atomic mass is 9.88. The molecule has 140 valence electrons. The Morgan fingerprint density at radius 1 is 1.12 bits per heavy atom. The van der Waals surface area contributed by atoms with Gasteiger partial charge in [-0.1, -0.05) is 12.1 Å². The summed E-state index contributed by atoms with van der Waals surface area (Å²) in [5.41, 5.74) is 6.19. The molecule has 0 aliphatic carbocycles. The van der Waals surface area contributed by atoms with Crippen LogP contribution in [0.5, 0.6) is 0 Å². The summed E-state index contributed by atoms with van der Waals surface area (Å²) in [6.07, 6.45) is -3.18. The number of nitrogens with two attached hydrogens (primary N) is 1. The van der Waals surface area contributed by atoms with Crippen molar-refractivity contribution < 1.29 is 17.6 Å². The molecule has 3 rings (SSSR count). The number of aromatic nitrogens is 2. The van der Waals surface area contributed by atoms with Gasteiger partial charge in [0, 0.05) is 11.6 Å². The molecule has 1 aromatic carbocycles. The first-order valence-corrected chi connectivity index (χ1v) is 8.45. The molecule has 0 saturated carbocycles. The van der Waals surface area contributed by atoms with Gasteiger partial charge < -0.3 is 5.73 Å². The predicted molar refractivity (Wildman–Crippen MR) is 89.8 cm³/mol. The van der Waals surface area contributed by atoms with E-state index in [1.165, 1.54) is 12.1 Å². The van der Waals surface area contributed by atoms with Crippen LogP contribution in [0.2, 0.25) is 0 Å². The fourth-order valence-electron chi connectivity index (χ4n) is 3.43. The Morgan fingerprint density at radius 2 is 1.73 bits per heavy atom. The number of rotatable bonds is 3. The molecule has 1 unspecified atom stereocenters. The molecular weight excluding hydrogens is 348 g/mol. The summed E-state index contributed by atoms with van der Waals surface area (Å²) in [6.45, 7) is 3.47. The van der Waals surface area contributed by atoms with Crippen LogP contribution < -0.4 is 5.73 Å². The molecule has 8 heteroatoms. The second-order valence-corrected chi connectivity index (χ2v) is 6.61. The van der Waals surface area contributed by atoms with E-state index in [4.69, 9.17) is 5.73 Å². The Hall–Kier alpha value is -2.22. The highest BCUT2D eigenvalue weighted by molar-refractivity contribution is 5.42. The molecular formula is C18H20F4N4. The van der Waals surface area contributed by atoms with E-state index < -0.39 is 11.9 Å². The third kappa shape index (κ3) is 3.95. The van der Waals surface area contributed by atoms with Crippen molar-refractivity contribution in [1.29, 1.82) is 0 Å². The van der Waals surface area contributed by atoms with Gasteiger partial charge in [-0.05, 0) is 62.5 Å². The van der Waals surface area contributed by atoms with Crippen molar-refractivity contribution in [1.82, 2.24) is 15.1 Å². The maximum Gasteiger partial charge on any atom is 0.435 e. The third-order valence-electron chi connectivity index (χ3n) is 5.01. The summed E-state index contributed by atoms with van der Waals surface area (Å²) in [6, 6.07) is 7.50. The number of anilines is 1. The van der Waals surface area contributed by atoms with Crippen molar-refractivity contribution in [2.24, 2.45) is 0 Å². The van der Waals surface area contributed by atoms with Crippen LogP contribution in [0, 0.1) is 5.82 Å². The van der Waals surface area contributed by atoms with Crippen LogP contribution in [-0.4, -0.2) is 28.2 Å². The third-order valence-corrected chi connectivity index (χ3v) is 5.01. The molecule has 1 aliphatic rings. The van der Waals surface area contributed by atoms with Crippen molar-refractivity contribution in [3.63, 3.8) is 0 Å². The minimum Gasteiger partial charge on any atom is -0.382 e. The quantitative estimate of drug-likeness (QED) is 0.827. The van der Waals surface area contributed by atoms with E-state index in [9.17, 15) is 17.6 Å². The Kier molecular flexibility index (Phi) is 5.13. The number of hydrogen-bond acceptors (Lipinski definition) is 4. The van der Waals surface area contributed by atoms with E-state index in [-0.39, 0.29) is 23.6 Å². The number of nitrogen functional groups attached to an aromatic ring is 1. The zero-order valence-electron chi connectivity index (χ0n) is 14.3. The average molecular weight is 368 g/mol. The molecule has 1 fully saturated rings. The Labute approximate surface area is 149 Å². The first-order chi connectivity index (χ1) is 12.3. The fourth-order valence-corrected chi connectivity index (χ4v) is 3.43. The maximum atomic E-state index is 13.1. The molecule has 4 nitrogen and oxygen atoms in total. The van der Waals surface area contributed by atoms with Crippen molar-refractivity contribution in [2.45, 2.75) is 37.9 Å². The monoisotopic (exact) mass is 368 g/mol. The summed E-state index contributed by atoms with van der Waals surface area (Å²) in [5, 5.41) is 6.64. The van der Waals surface area contributed by atoms with Crippen molar-refractivity contribution in [3.8, 4) is 0 Å². The lowest BCUT2D eigenvalue weighted by Crippen LogP contribution is -2.35. The zero-order valence-corrected chi connectivity index (χ0v) is 14.3. The van der Waals surface area contributed by atoms with Crippen molar-refractivity contribution >= 4 is 5.82 Å². The van der Waals surface area contributed by atoms with Crippen LogP contribution >= 0.6 is 0 Å². The van der Waals surface area contributed by atoms with Gasteiger partial charge in [0.15, 0.2) is 5.69 Å². The number of hydrogen-bond donors (Lipinski definition) is 1. The summed E-state index contributed by atoms with van der Waals surface area (Å²) in [7, 11) is 0. The molecule has 1 saturated heterocycles. The van der Waals surface area contributed by atoms with Crippen LogP contribution in [0.3, 0.4) is 0 Å². The number of nitrogens with zero attached hydrogens (tertiary/aromatic N) is 3. The highest BCUT2D eigenvalue weighted by Gasteiger charge is 2.35. The van der Waals surface area contributed by atoms with Gasteiger partial charge in [0.05, 0.1) is 0 Å². The van der Waals surface area contributed by atoms with Gasteiger partial charge in [-0.15, -0.1) is 10.2 Å². The Bertz CT molecular complexity index is 753. The number of alkyl halides is 3. The molecule has 0 spiro atoms. The summed E-state index contributed by atoms with van der Waals surface area (Å²) < 4.78 is 51.7. The van der Waals surface area contributed by atoms with Gasteiger partial charge in [0.2, 0.25) is 0 Å². The van der Waals surface area contributed by atoms with E-state index in [0.29, 0.717) is 31.5 Å². The van der Waals surface area contributed by atoms with Crippen molar-refractivity contribution in [2.75, 3.05) is 18.8 Å². The first kappa shape index (κ1) is 18.6. The number of benzene rings is 1. The average Bonchev–Trinajstić information content (AvgIpc) is 2.61. The highest BCUT2D eigenvalue weighted by Crippen LogP contribution is 2.36. The number of piperidine rings is 1. The second kappa shape index (κ2) is 7.19. The molecule has 1 aromatic heterocycles. The van der Waals surface area contributed by atoms with Gasteiger partial charge in [0.25, 0.3) is 0 Å². The van der Waals surface area contributed by atoms with Crippen LogP contribution in [0.15, 0.2) is 30.3 Å². The lowest BCUT2D eigenvalue weighted by molar-refractivity contribution is -0.141. The molecule has 0 bridgehead atoms. The molecule has 2 heterocycles. The van der Waals surface area contributed by atoms with E-state index in [0.717, 1.165) is 11.6 Å². The van der Waals surface area contributed by atoms with Crippen LogP contribution in [-0.2, 0) is 6.18 Å². The standard InChI is InChI=1S/C18H20F4N4/c1-11(12-2-4-14(19)5-3-12)26-8-6-13(7-9-26)15-10-16(18(20,21)22)24-25-17(15)23/h2-5,10-11,13H,6-9H2,1H3,(H2,23,25). The summed E-state index contributed by atoms with van der Waals surface area (Å²) >= 11 is 0. The SMILES string of the molecule is CC(c1ccc(F)cc1)N1CCC(c2cc(C(F)(F)F)nnc2N)CC1. The van der Waals surface area contributed by atoms with Gasteiger partial charge in [-0.3, -0.25) is 4.90 Å². The first-order valence-electron chi connectivity index (χ1n) is 8.45. The minimum absolute atomic E-state index is 0.0584. The smallest absolute Gasteiger partial charge is 0.382 e. The van der Waals surface area contributed by atoms with Crippen LogP contribution in [0.1, 0.15) is 48.5 Å². The molecule has 26 heavy (non-hydrogen) atoms. The van der Waals surface area contributed by atoms with Gasteiger partial charge >= 0.3 is 6.18 Å². The zero-order chi connectivity index (χ0) is 18.9. The summed E-state index contributed by atoms with van der Waals surface area (Å²) in [4.78, 5) is 2.24.